The SMILES string of the molecule is C=C(CN1C(=O)C(CI)(c2ccccc2)c2ccccc21)c1ccccc1. The van der Waals surface area contributed by atoms with Gasteiger partial charge >= 0.3 is 0 Å². The summed E-state index contributed by atoms with van der Waals surface area (Å²) in [6.45, 7) is 4.74. The lowest BCUT2D eigenvalue weighted by Gasteiger charge is -2.28. The van der Waals surface area contributed by atoms with Crippen molar-refractivity contribution in [3.63, 3.8) is 0 Å². The highest BCUT2D eigenvalue weighted by atomic mass is 127. The minimum Gasteiger partial charge on any atom is -0.307 e. The summed E-state index contributed by atoms with van der Waals surface area (Å²) >= 11 is 2.34. The number of anilines is 1. The monoisotopic (exact) mass is 465 g/mol. The molecule has 0 radical (unpaired) electrons. The number of hydrogen-bond donors (Lipinski definition) is 0. The van der Waals surface area contributed by atoms with Crippen molar-refractivity contribution in [3.05, 3.63) is 108 Å². The molecule has 1 heterocycles. The zero-order chi connectivity index (χ0) is 18.9. The van der Waals surface area contributed by atoms with Gasteiger partial charge in [-0.25, -0.2) is 0 Å². The lowest BCUT2D eigenvalue weighted by Crippen LogP contribution is -2.43. The minimum absolute atomic E-state index is 0.126. The third kappa shape index (κ3) is 2.90. The molecular weight excluding hydrogens is 445 g/mol. The molecule has 2 nitrogen and oxygen atoms in total. The molecule has 0 aromatic heterocycles. The van der Waals surface area contributed by atoms with Crippen LogP contribution in [0.3, 0.4) is 0 Å². The zero-order valence-corrected chi connectivity index (χ0v) is 17.1. The molecule has 0 aliphatic carbocycles. The first kappa shape index (κ1) is 18.0. The van der Waals surface area contributed by atoms with Gasteiger partial charge in [0, 0.05) is 10.1 Å². The van der Waals surface area contributed by atoms with E-state index in [0.717, 1.165) is 28.0 Å². The molecule has 0 N–H and O–H groups in total. The highest BCUT2D eigenvalue weighted by molar-refractivity contribution is 14.1. The molecule has 0 saturated heterocycles. The van der Waals surface area contributed by atoms with Gasteiger partial charge < -0.3 is 4.90 Å². The second kappa shape index (κ2) is 7.31. The van der Waals surface area contributed by atoms with Crippen molar-refractivity contribution in [1.82, 2.24) is 0 Å². The number of amides is 1. The molecular formula is C24H20INO. The first-order valence-electron chi connectivity index (χ1n) is 8.94. The molecule has 0 fully saturated rings. The van der Waals surface area contributed by atoms with Gasteiger partial charge in [0.25, 0.3) is 0 Å². The highest BCUT2D eigenvalue weighted by Gasteiger charge is 2.51. The molecule has 1 aliphatic heterocycles. The predicted molar refractivity (Wildman–Crippen MR) is 120 cm³/mol. The first-order valence-corrected chi connectivity index (χ1v) is 10.5. The Kier molecular flexibility index (Phi) is 4.87. The van der Waals surface area contributed by atoms with Gasteiger partial charge in [0.05, 0.1) is 6.54 Å². The summed E-state index contributed by atoms with van der Waals surface area (Å²) in [5.41, 5.74) is 4.47. The second-order valence-electron chi connectivity index (χ2n) is 6.78. The minimum atomic E-state index is -0.643. The third-order valence-corrected chi connectivity index (χ3v) is 6.41. The van der Waals surface area contributed by atoms with Gasteiger partial charge in [-0.1, -0.05) is 108 Å². The molecule has 1 unspecified atom stereocenters. The summed E-state index contributed by atoms with van der Waals surface area (Å²) in [7, 11) is 0. The Balaban J connectivity index is 1.79. The Morgan fingerprint density at radius 2 is 1.48 bits per heavy atom. The van der Waals surface area contributed by atoms with Crippen LogP contribution in [-0.4, -0.2) is 16.9 Å². The maximum atomic E-state index is 13.8. The van der Waals surface area contributed by atoms with Crippen LogP contribution in [0, 0.1) is 0 Å². The Hall–Kier alpha value is -2.40. The Bertz CT molecular complexity index is 984. The molecule has 0 saturated carbocycles. The largest absolute Gasteiger partial charge is 0.307 e. The van der Waals surface area contributed by atoms with Crippen LogP contribution in [0.1, 0.15) is 16.7 Å². The molecule has 1 amide bonds. The summed E-state index contributed by atoms with van der Waals surface area (Å²) in [6.07, 6.45) is 0. The fourth-order valence-electron chi connectivity index (χ4n) is 3.85. The van der Waals surface area contributed by atoms with Crippen LogP contribution in [-0.2, 0) is 10.2 Å². The van der Waals surface area contributed by atoms with E-state index in [4.69, 9.17) is 0 Å². The maximum absolute atomic E-state index is 13.8. The molecule has 134 valence electrons. The van der Waals surface area contributed by atoms with E-state index in [1.807, 2.05) is 71.6 Å². The van der Waals surface area contributed by atoms with Gasteiger partial charge in [-0.2, -0.15) is 0 Å². The van der Waals surface area contributed by atoms with Gasteiger partial charge in [0.15, 0.2) is 0 Å². The number of benzene rings is 3. The molecule has 4 rings (SSSR count). The average Bonchev–Trinajstić information content (AvgIpc) is 2.98. The summed E-state index contributed by atoms with van der Waals surface area (Å²) in [5.74, 6) is 0.126. The van der Waals surface area contributed by atoms with E-state index in [-0.39, 0.29) is 5.91 Å². The summed E-state index contributed by atoms with van der Waals surface area (Å²) in [4.78, 5) is 15.7. The Labute approximate surface area is 173 Å². The predicted octanol–water partition coefficient (Wildman–Crippen LogP) is 5.47. The van der Waals surface area contributed by atoms with Crippen LogP contribution in [0.5, 0.6) is 0 Å². The number of nitrogens with zero attached hydrogens (tertiary/aromatic N) is 1. The molecule has 0 bridgehead atoms. The van der Waals surface area contributed by atoms with Crippen molar-refractivity contribution in [2.75, 3.05) is 15.9 Å². The van der Waals surface area contributed by atoms with E-state index in [0.29, 0.717) is 11.0 Å². The van der Waals surface area contributed by atoms with Crippen molar-refractivity contribution < 1.29 is 4.79 Å². The van der Waals surface area contributed by atoms with Gasteiger partial charge in [-0.05, 0) is 28.3 Å². The van der Waals surface area contributed by atoms with Crippen LogP contribution >= 0.6 is 22.6 Å². The second-order valence-corrected chi connectivity index (χ2v) is 7.55. The van der Waals surface area contributed by atoms with E-state index >= 15 is 0 Å². The van der Waals surface area contributed by atoms with E-state index in [9.17, 15) is 4.79 Å². The topological polar surface area (TPSA) is 20.3 Å². The van der Waals surface area contributed by atoms with Crippen molar-refractivity contribution >= 4 is 39.8 Å². The van der Waals surface area contributed by atoms with Crippen LogP contribution < -0.4 is 4.90 Å². The molecule has 3 aromatic carbocycles. The lowest BCUT2D eigenvalue weighted by molar-refractivity contribution is -0.121. The lowest BCUT2D eigenvalue weighted by atomic mass is 9.77. The molecule has 1 aliphatic rings. The number of carbonyl (C=O) groups is 1. The fourth-order valence-corrected chi connectivity index (χ4v) is 5.02. The fraction of sp³-hybridized carbons (Fsp3) is 0.125. The van der Waals surface area contributed by atoms with Gasteiger partial charge in [0.1, 0.15) is 5.41 Å². The molecule has 27 heavy (non-hydrogen) atoms. The van der Waals surface area contributed by atoms with Gasteiger partial charge in [-0.3, -0.25) is 4.79 Å². The number of halogens is 1. The standard InChI is InChI=1S/C24H20INO/c1-18(19-10-4-2-5-11-19)16-26-22-15-9-8-14-21(22)24(17-25,23(26)27)20-12-6-3-7-13-20/h2-15H,1,16-17H2. The van der Waals surface area contributed by atoms with Gasteiger partial charge in [0.2, 0.25) is 5.91 Å². The number of fused-ring (bicyclic) bond motifs is 1. The number of carbonyl (C=O) groups excluding carboxylic acids is 1. The van der Waals surface area contributed by atoms with Crippen LogP contribution in [0.4, 0.5) is 5.69 Å². The third-order valence-electron chi connectivity index (χ3n) is 5.26. The van der Waals surface area contributed by atoms with Crippen molar-refractivity contribution in [2.24, 2.45) is 0 Å². The van der Waals surface area contributed by atoms with Crippen molar-refractivity contribution in [1.29, 1.82) is 0 Å². The van der Waals surface area contributed by atoms with E-state index in [1.165, 1.54) is 0 Å². The van der Waals surface area contributed by atoms with E-state index in [2.05, 4.69) is 47.4 Å². The number of para-hydroxylation sites is 1. The van der Waals surface area contributed by atoms with E-state index < -0.39 is 5.41 Å². The highest BCUT2D eigenvalue weighted by Crippen LogP contribution is 2.47. The van der Waals surface area contributed by atoms with Crippen molar-refractivity contribution in [3.8, 4) is 0 Å². The molecule has 3 aromatic rings. The van der Waals surface area contributed by atoms with Crippen LogP contribution in [0.2, 0.25) is 0 Å². The van der Waals surface area contributed by atoms with Crippen LogP contribution in [0.25, 0.3) is 5.57 Å². The number of hydrogen-bond acceptors (Lipinski definition) is 1. The maximum Gasteiger partial charge on any atom is 0.243 e. The molecule has 3 heteroatoms. The van der Waals surface area contributed by atoms with Crippen molar-refractivity contribution in [2.45, 2.75) is 5.41 Å². The smallest absolute Gasteiger partial charge is 0.243 e. The number of rotatable bonds is 5. The Morgan fingerprint density at radius 3 is 2.15 bits per heavy atom. The van der Waals surface area contributed by atoms with E-state index in [1.54, 1.807) is 0 Å². The Morgan fingerprint density at radius 1 is 0.889 bits per heavy atom. The quantitative estimate of drug-likeness (QED) is 0.362. The van der Waals surface area contributed by atoms with Gasteiger partial charge in [-0.15, -0.1) is 0 Å². The van der Waals surface area contributed by atoms with Crippen LogP contribution in [0.15, 0.2) is 91.5 Å². The first-order chi connectivity index (χ1) is 13.2. The zero-order valence-electron chi connectivity index (χ0n) is 14.9. The molecule has 1 atom stereocenters. The normalized spacial score (nSPS) is 18.4. The molecule has 0 spiro atoms. The summed E-state index contributed by atoms with van der Waals surface area (Å²) in [6, 6.07) is 28.3. The summed E-state index contributed by atoms with van der Waals surface area (Å²) < 4.78 is 0.693. The summed E-state index contributed by atoms with van der Waals surface area (Å²) in [5, 5.41) is 0. The average molecular weight is 465 g/mol. The number of alkyl halides is 1.